The SMILES string of the molecule is CN1C2CCC1CC(CNc1nncs1)C2. The molecule has 0 saturated carbocycles. The molecule has 5 heteroatoms. The first-order chi connectivity index (χ1) is 7.83. The second kappa shape index (κ2) is 4.30. The lowest BCUT2D eigenvalue weighted by Crippen LogP contribution is -2.41. The highest BCUT2D eigenvalue weighted by atomic mass is 32.1. The van der Waals surface area contributed by atoms with Gasteiger partial charge in [-0.3, -0.25) is 0 Å². The first-order valence-electron chi connectivity index (χ1n) is 6.05. The molecule has 0 spiro atoms. The van der Waals surface area contributed by atoms with Crippen molar-refractivity contribution in [2.45, 2.75) is 37.8 Å². The van der Waals surface area contributed by atoms with Crippen molar-refractivity contribution in [2.24, 2.45) is 5.92 Å². The zero-order valence-corrected chi connectivity index (χ0v) is 10.4. The number of rotatable bonds is 3. The van der Waals surface area contributed by atoms with Crippen LogP contribution in [0.4, 0.5) is 5.13 Å². The van der Waals surface area contributed by atoms with Crippen LogP contribution in [0.25, 0.3) is 0 Å². The first kappa shape index (κ1) is 10.5. The zero-order valence-electron chi connectivity index (χ0n) is 9.59. The van der Waals surface area contributed by atoms with E-state index in [2.05, 4.69) is 27.5 Å². The number of hydrogen-bond acceptors (Lipinski definition) is 5. The van der Waals surface area contributed by atoms with Crippen LogP contribution in [0, 0.1) is 5.92 Å². The summed E-state index contributed by atoms with van der Waals surface area (Å²) in [6.45, 7) is 1.07. The van der Waals surface area contributed by atoms with Crippen LogP contribution in [0.3, 0.4) is 0 Å². The molecule has 2 aliphatic heterocycles. The topological polar surface area (TPSA) is 41.0 Å². The second-order valence-electron chi connectivity index (χ2n) is 5.01. The summed E-state index contributed by atoms with van der Waals surface area (Å²) in [6, 6.07) is 1.67. The highest BCUT2D eigenvalue weighted by Crippen LogP contribution is 2.37. The van der Waals surface area contributed by atoms with Gasteiger partial charge in [-0.2, -0.15) is 0 Å². The van der Waals surface area contributed by atoms with E-state index in [0.717, 1.165) is 29.7 Å². The average Bonchev–Trinajstić information content (AvgIpc) is 2.84. The molecule has 88 valence electrons. The van der Waals surface area contributed by atoms with E-state index in [-0.39, 0.29) is 0 Å². The van der Waals surface area contributed by atoms with Crippen LogP contribution in [0.15, 0.2) is 5.51 Å². The van der Waals surface area contributed by atoms with Crippen molar-refractivity contribution in [3.8, 4) is 0 Å². The van der Waals surface area contributed by atoms with Crippen molar-refractivity contribution < 1.29 is 0 Å². The van der Waals surface area contributed by atoms with Gasteiger partial charge in [-0.05, 0) is 38.6 Å². The molecular formula is C11H18N4S. The lowest BCUT2D eigenvalue weighted by atomic mass is 9.91. The van der Waals surface area contributed by atoms with Crippen molar-refractivity contribution in [3.05, 3.63) is 5.51 Å². The summed E-state index contributed by atoms with van der Waals surface area (Å²) < 4.78 is 0. The second-order valence-corrected chi connectivity index (χ2v) is 5.85. The third-order valence-electron chi connectivity index (χ3n) is 4.10. The molecule has 0 radical (unpaired) electrons. The van der Waals surface area contributed by atoms with E-state index in [1.807, 2.05) is 0 Å². The van der Waals surface area contributed by atoms with Crippen LogP contribution < -0.4 is 5.32 Å². The third-order valence-corrected chi connectivity index (χ3v) is 4.75. The molecular weight excluding hydrogens is 220 g/mol. The number of nitrogens with zero attached hydrogens (tertiary/aromatic N) is 3. The Labute approximate surface area is 100 Å². The number of fused-ring (bicyclic) bond motifs is 2. The Morgan fingerprint density at radius 3 is 2.81 bits per heavy atom. The molecule has 1 aromatic heterocycles. The van der Waals surface area contributed by atoms with Crippen molar-refractivity contribution in [2.75, 3.05) is 18.9 Å². The van der Waals surface area contributed by atoms with E-state index in [0.29, 0.717) is 0 Å². The third kappa shape index (κ3) is 1.94. The predicted molar refractivity (Wildman–Crippen MR) is 65.7 cm³/mol. The first-order valence-corrected chi connectivity index (χ1v) is 6.93. The maximum absolute atomic E-state index is 4.02. The van der Waals surface area contributed by atoms with E-state index in [1.165, 1.54) is 25.7 Å². The summed E-state index contributed by atoms with van der Waals surface area (Å²) in [5.41, 5.74) is 1.78. The summed E-state index contributed by atoms with van der Waals surface area (Å²) >= 11 is 1.59. The Morgan fingerprint density at radius 2 is 2.19 bits per heavy atom. The van der Waals surface area contributed by atoms with Gasteiger partial charge in [0, 0.05) is 18.6 Å². The number of hydrogen-bond donors (Lipinski definition) is 1. The minimum absolute atomic E-state index is 0.817. The quantitative estimate of drug-likeness (QED) is 0.872. The van der Waals surface area contributed by atoms with Crippen LogP contribution in [-0.2, 0) is 0 Å². The van der Waals surface area contributed by atoms with E-state index < -0.39 is 0 Å². The molecule has 4 nitrogen and oxygen atoms in total. The minimum Gasteiger partial charge on any atom is -0.360 e. The van der Waals surface area contributed by atoms with Crippen LogP contribution >= 0.6 is 11.3 Å². The highest BCUT2D eigenvalue weighted by molar-refractivity contribution is 7.13. The summed E-state index contributed by atoms with van der Waals surface area (Å²) in [4.78, 5) is 2.58. The van der Waals surface area contributed by atoms with Gasteiger partial charge in [0.15, 0.2) is 0 Å². The number of aromatic nitrogens is 2. The zero-order chi connectivity index (χ0) is 11.0. The Morgan fingerprint density at radius 1 is 1.44 bits per heavy atom. The summed E-state index contributed by atoms with van der Waals surface area (Å²) in [5.74, 6) is 0.817. The van der Waals surface area contributed by atoms with Gasteiger partial charge in [-0.25, -0.2) is 0 Å². The molecule has 0 aliphatic carbocycles. The highest BCUT2D eigenvalue weighted by Gasteiger charge is 2.38. The Bertz CT molecular complexity index is 326. The van der Waals surface area contributed by atoms with Gasteiger partial charge in [0.2, 0.25) is 5.13 Å². The van der Waals surface area contributed by atoms with Crippen LogP contribution in [-0.4, -0.2) is 40.8 Å². The van der Waals surface area contributed by atoms with Gasteiger partial charge in [0.05, 0.1) is 0 Å². The minimum atomic E-state index is 0.817. The molecule has 2 saturated heterocycles. The van der Waals surface area contributed by atoms with Gasteiger partial charge in [0.25, 0.3) is 0 Å². The molecule has 2 bridgehead atoms. The van der Waals surface area contributed by atoms with E-state index in [1.54, 1.807) is 16.8 Å². The molecule has 3 rings (SSSR count). The van der Waals surface area contributed by atoms with Crippen molar-refractivity contribution >= 4 is 16.5 Å². The number of nitrogens with one attached hydrogen (secondary N) is 1. The standard InChI is InChI=1S/C11H18N4S/c1-15-9-2-3-10(15)5-8(4-9)6-12-11-14-13-7-16-11/h7-10H,2-6H2,1H3,(H,12,14). The van der Waals surface area contributed by atoms with Crippen LogP contribution in [0.2, 0.25) is 0 Å². The van der Waals surface area contributed by atoms with E-state index in [9.17, 15) is 0 Å². The van der Waals surface area contributed by atoms with E-state index in [4.69, 9.17) is 0 Å². The Hall–Kier alpha value is -0.680. The molecule has 2 atom stereocenters. The van der Waals surface area contributed by atoms with Gasteiger partial charge in [-0.1, -0.05) is 11.3 Å². The lowest BCUT2D eigenvalue weighted by molar-refractivity contribution is 0.139. The molecule has 3 heterocycles. The van der Waals surface area contributed by atoms with Crippen LogP contribution in [0.5, 0.6) is 0 Å². The molecule has 0 amide bonds. The maximum Gasteiger partial charge on any atom is 0.205 e. The van der Waals surface area contributed by atoms with Gasteiger partial charge < -0.3 is 10.2 Å². The fourth-order valence-electron chi connectivity index (χ4n) is 3.17. The van der Waals surface area contributed by atoms with Gasteiger partial charge in [-0.15, -0.1) is 10.2 Å². The smallest absolute Gasteiger partial charge is 0.205 e. The lowest BCUT2D eigenvalue weighted by Gasteiger charge is -2.36. The molecule has 2 fully saturated rings. The van der Waals surface area contributed by atoms with Crippen molar-refractivity contribution in [1.29, 1.82) is 0 Å². The van der Waals surface area contributed by atoms with Gasteiger partial charge >= 0.3 is 0 Å². The maximum atomic E-state index is 4.02. The molecule has 2 unspecified atom stereocenters. The normalized spacial score (nSPS) is 34.2. The predicted octanol–water partition coefficient (Wildman–Crippen LogP) is 1.82. The van der Waals surface area contributed by atoms with Crippen molar-refractivity contribution in [1.82, 2.24) is 15.1 Å². The van der Waals surface area contributed by atoms with Gasteiger partial charge in [0.1, 0.15) is 5.51 Å². The summed E-state index contributed by atoms with van der Waals surface area (Å²) in [6.07, 6.45) is 5.49. The molecule has 0 aromatic carbocycles. The van der Waals surface area contributed by atoms with E-state index >= 15 is 0 Å². The molecule has 2 aliphatic rings. The molecule has 1 aromatic rings. The Balaban J connectivity index is 1.54. The number of piperidine rings is 1. The monoisotopic (exact) mass is 238 g/mol. The largest absolute Gasteiger partial charge is 0.360 e. The summed E-state index contributed by atoms with van der Waals surface area (Å²) in [7, 11) is 2.29. The molecule has 16 heavy (non-hydrogen) atoms. The average molecular weight is 238 g/mol. The summed E-state index contributed by atoms with van der Waals surface area (Å²) in [5, 5.41) is 12.2. The molecule has 1 N–H and O–H groups in total. The fourth-order valence-corrected chi connectivity index (χ4v) is 3.63. The van der Waals surface area contributed by atoms with Crippen LogP contribution in [0.1, 0.15) is 25.7 Å². The fraction of sp³-hybridized carbons (Fsp3) is 0.818. The Kier molecular flexibility index (Phi) is 2.81. The van der Waals surface area contributed by atoms with Crippen molar-refractivity contribution in [3.63, 3.8) is 0 Å². The number of anilines is 1.